The van der Waals surface area contributed by atoms with Crippen LogP contribution in [0.1, 0.15) is 55.2 Å². The molecule has 2 rings (SSSR count). The minimum atomic E-state index is -0.185. The van der Waals surface area contributed by atoms with E-state index in [2.05, 4.69) is 15.5 Å². The van der Waals surface area contributed by atoms with Crippen LogP contribution in [0.15, 0.2) is 0 Å². The van der Waals surface area contributed by atoms with Gasteiger partial charge in [-0.3, -0.25) is 9.89 Å². The minimum absolute atomic E-state index is 0.146. The monoisotopic (exact) mass is 222 g/mol. The summed E-state index contributed by atoms with van der Waals surface area (Å²) in [6.07, 6.45) is 3.17. The van der Waals surface area contributed by atoms with Gasteiger partial charge in [0.15, 0.2) is 5.69 Å². The second kappa shape index (κ2) is 4.15. The van der Waals surface area contributed by atoms with Crippen molar-refractivity contribution in [3.8, 4) is 0 Å². The number of nitrogens with zero attached hydrogens (tertiary/aromatic N) is 1. The fourth-order valence-electron chi connectivity index (χ4n) is 1.61. The fraction of sp³-hybridized carbons (Fsp3) is 0.636. The highest BCUT2D eigenvalue weighted by atomic mass is 16.2. The van der Waals surface area contributed by atoms with Gasteiger partial charge in [0.1, 0.15) is 0 Å². The Hall–Kier alpha value is -1.52. The SMILES string of the molecule is CCC(C)NC(=O)c1n[nH]c(C2CC2)c1N. The van der Waals surface area contributed by atoms with Crippen molar-refractivity contribution < 1.29 is 4.79 Å². The summed E-state index contributed by atoms with van der Waals surface area (Å²) in [6, 6.07) is 0.146. The highest BCUT2D eigenvalue weighted by molar-refractivity contribution is 5.97. The molecule has 4 N–H and O–H groups in total. The van der Waals surface area contributed by atoms with Crippen LogP contribution in [0.5, 0.6) is 0 Å². The number of anilines is 1. The van der Waals surface area contributed by atoms with Crippen molar-refractivity contribution in [3.63, 3.8) is 0 Å². The van der Waals surface area contributed by atoms with Crippen molar-refractivity contribution in [1.82, 2.24) is 15.5 Å². The van der Waals surface area contributed by atoms with Gasteiger partial charge in [-0.1, -0.05) is 6.92 Å². The van der Waals surface area contributed by atoms with Crippen LogP contribution in [0.4, 0.5) is 5.69 Å². The van der Waals surface area contributed by atoms with Crippen molar-refractivity contribution in [3.05, 3.63) is 11.4 Å². The van der Waals surface area contributed by atoms with E-state index in [0.29, 0.717) is 17.3 Å². The molecule has 0 bridgehead atoms. The number of H-pyrrole nitrogens is 1. The smallest absolute Gasteiger partial charge is 0.274 e. The van der Waals surface area contributed by atoms with Gasteiger partial charge in [0.2, 0.25) is 0 Å². The Morgan fingerprint density at radius 2 is 2.38 bits per heavy atom. The first-order valence-electron chi connectivity index (χ1n) is 5.78. The van der Waals surface area contributed by atoms with Crippen molar-refractivity contribution in [2.75, 3.05) is 5.73 Å². The Labute approximate surface area is 94.8 Å². The molecule has 88 valence electrons. The number of carbonyl (C=O) groups excluding carboxylic acids is 1. The topological polar surface area (TPSA) is 83.8 Å². The number of carbonyl (C=O) groups is 1. The maximum Gasteiger partial charge on any atom is 0.274 e. The van der Waals surface area contributed by atoms with Gasteiger partial charge in [-0.2, -0.15) is 5.10 Å². The number of aromatic nitrogens is 2. The molecule has 1 amide bonds. The van der Waals surface area contributed by atoms with Crippen molar-refractivity contribution in [2.24, 2.45) is 0 Å². The number of nitrogens with two attached hydrogens (primary N) is 1. The second-order valence-electron chi connectivity index (χ2n) is 4.46. The van der Waals surface area contributed by atoms with E-state index in [1.807, 2.05) is 13.8 Å². The van der Waals surface area contributed by atoms with E-state index in [-0.39, 0.29) is 11.9 Å². The highest BCUT2D eigenvalue weighted by Crippen LogP contribution is 2.42. The van der Waals surface area contributed by atoms with Crippen LogP contribution in [-0.4, -0.2) is 22.1 Å². The number of aromatic amines is 1. The van der Waals surface area contributed by atoms with Gasteiger partial charge in [-0.05, 0) is 26.2 Å². The average Bonchev–Trinajstić information content (AvgIpc) is 3.02. The van der Waals surface area contributed by atoms with E-state index in [9.17, 15) is 4.79 Å². The average molecular weight is 222 g/mol. The van der Waals surface area contributed by atoms with Crippen LogP contribution in [0.3, 0.4) is 0 Å². The van der Waals surface area contributed by atoms with Crippen molar-refractivity contribution in [1.29, 1.82) is 0 Å². The van der Waals surface area contributed by atoms with E-state index in [4.69, 9.17) is 5.73 Å². The Bertz CT molecular complexity index is 395. The zero-order chi connectivity index (χ0) is 11.7. The molecule has 1 saturated carbocycles. The van der Waals surface area contributed by atoms with Gasteiger partial charge in [0, 0.05) is 12.0 Å². The first-order chi connectivity index (χ1) is 7.63. The van der Waals surface area contributed by atoms with Crippen LogP contribution >= 0.6 is 0 Å². The molecule has 1 atom stereocenters. The third kappa shape index (κ3) is 2.03. The molecule has 0 saturated heterocycles. The molecule has 1 unspecified atom stereocenters. The third-order valence-electron chi connectivity index (χ3n) is 3.02. The largest absolute Gasteiger partial charge is 0.395 e. The molecule has 1 aromatic rings. The first kappa shape index (κ1) is 11.0. The van der Waals surface area contributed by atoms with Crippen molar-refractivity contribution >= 4 is 11.6 Å². The predicted molar refractivity (Wildman–Crippen MR) is 62.2 cm³/mol. The van der Waals surface area contributed by atoms with E-state index >= 15 is 0 Å². The van der Waals surface area contributed by atoms with Crippen LogP contribution in [0.25, 0.3) is 0 Å². The quantitative estimate of drug-likeness (QED) is 0.720. The summed E-state index contributed by atoms with van der Waals surface area (Å²) >= 11 is 0. The maximum atomic E-state index is 11.8. The molecule has 16 heavy (non-hydrogen) atoms. The number of nitrogens with one attached hydrogen (secondary N) is 2. The summed E-state index contributed by atoms with van der Waals surface area (Å²) in [5, 5.41) is 9.73. The Morgan fingerprint density at radius 3 is 2.94 bits per heavy atom. The van der Waals surface area contributed by atoms with Gasteiger partial charge in [0.25, 0.3) is 5.91 Å². The summed E-state index contributed by atoms with van der Waals surface area (Å²) in [5.41, 5.74) is 7.69. The second-order valence-corrected chi connectivity index (χ2v) is 4.46. The lowest BCUT2D eigenvalue weighted by atomic mass is 10.2. The Morgan fingerprint density at radius 1 is 1.69 bits per heavy atom. The molecule has 0 radical (unpaired) electrons. The number of rotatable bonds is 4. The standard InChI is InChI=1S/C11H18N4O/c1-3-6(2)13-11(16)10-8(12)9(14-15-10)7-4-5-7/h6-7H,3-5,12H2,1-2H3,(H,13,16)(H,14,15). The molecule has 1 fully saturated rings. The number of nitrogen functional groups attached to an aromatic ring is 1. The first-order valence-corrected chi connectivity index (χ1v) is 5.78. The number of amides is 1. The molecule has 0 aliphatic heterocycles. The fourth-order valence-corrected chi connectivity index (χ4v) is 1.61. The predicted octanol–water partition coefficient (Wildman–Crippen LogP) is 1.40. The van der Waals surface area contributed by atoms with E-state index < -0.39 is 0 Å². The highest BCUT2D eigenvalue weighted by Gasteiger charge is 2.30. The normalized spacial score (nSPS) is 17.1. The zero-order valence-corrected chi connectivity index (χ0v) is 9.71. The van der Waals surface area contributed by atoms with E-state index in [0.717, 1.165) is 25.0 Å². The molecule has 0 spiro atoms. The molecule has 1 heterocycles. The summed E-state index contributed by atoms with van der Waals surface area (Å²) in [7, 11) is 0. The van der Waals surface area contributed by atoms with Crippen LogP contribution in [0, 0.1) is 0 Å². The maximum absolute atomic E-state index is 11.8. The van der Waals surface area contributed by atoms with Gasteiger partial charge in [-0.25, -0.2) is 0 Å². The van der Waals surface area contributed by atoms with E-state index in [1.54, 1.807) is 0 Å². The van der Waals surface area contributed by atoms with Gasteiger partial charge < -0.3 is 11.1 Å². The zero-order valence-electron chi connectivity index (χ0n) is 9.71. The Kier molecular flexibility index (Phi) is 2.85. The van der Waals surface area contributed by atoms with Crippen LogP contribution < -0.4 is 11.1 Å². The summed E-state index contributed by atoms with van der Waals surface area (Å²) in [5.74, 6) is 0.299. The summed E-state index contributed by atoms with van der Waals surface area (Å²) in [6.45, 7) is 3.98. The lowest BCUT2D eigenvalue weighted by Gasteiger charge is -2.09. The van der Waals surface area contributed by atoms with Gasteiger partial charge in [-0.15, -0.1) is 0 Å². The van der Waals surface area contributed by atoms with Crippen molar-refractivity contribution in [2.45, 2.75) is 45.1 Å². The molecule has 5 heteroatoms. The lowest BCUT2D eigenvalue weighted by molar-refractivity contribution is 0.0935. The van der Waals surface area contributed by atoms with Crippen LogP contribution in [-0.2, 0) is 0 Å². The van der Waals surface area contributed by atoms with Gasteiger partial charge >= 0.3 is 0 Å². The summed E-state index contributed by atoms with van der Waals surface area (Å²) < 4.78 is 0. The molecule has 1 aliphatic rings. The molecular formula is C11H18N4O. The molecule has 1 aliphatic carbocycles. The van der Waals surface area contributed by atoms with E-state index in [1.165, 1.54) is 0 Å². The number of hydrogen-bond acceptors (Lipinski definition) is 3. The molecule has 0 aromatic carbocycles. The lowest BCUT2D eigenvalue weighted by Crippen LogP contribution is -2.32. The minimum Gasteiger partial charge on any atom is -0.395 e. The molecular weight excluding hydrogens is 204 g/mol. The molecule has 5 nitrogen and oxygen atoms in total. The van der Waals surface area contributed by atoms with Gasteiger partial charge in [0.05, 0.1) is 11.4 Å². The summed E-state index contributed by atoms with van der Waals surface area (Å²) in [4.78, 5) is 11.8. The third-order valence-corrected chi connectivity index (χ3v) is 3.02. The van der Waals surface area contributed by atoms with Crippen LogP contribution in [0.2, 0.25) is 0 Å². The Balaban J connectivity index is 2.11. The number of hydrogen-bond donors (Lipinski definition) is 3. The molecule has 1 aromatic heterocycles.